The summed E-state index contributed by atoms with van der Waals surface area (Å²) in [6.45, 7) is 5.17. The van der Waals surface area contributed by atoms with Gasteiger partial charge in [-0.25, -0.2) is 0 Å². The van der Waals surface area contributed by atoms with Gasteiger partial charge in [-0.15, -0.1) is 5.73 Å². The predicted molar refractivity (Wildman–Crippen MR) is 121 cm³/mol. The van der Waals surface area contributed by atoms with Crippen molar-refractivity contribution >= 4 is 35.1 Å². The van der Waals surface area contributed by atoms with Gasteiger partial charge in [0.05, 0.1) is 29.5 Å². The van der Waals surface area contributed by atoms with E-state index >= 15 is 0 Å². The van der Waals surface area contributed by atoms with E-state index in [2.05, 4.69) is 12.3 Å². The van der Waals surface area contributed by atoms with E-state index in [4.69, 9.17) is 5.73 Å². The van der Waals surface area contributed by atoms with Crippen LogP contribution in [0.15, 0.2) is 24.4 Å². The largest absolute Gasteiger partial charge is 0.507 e. The van der Waals surface area contributed by atoms with Crippen molar-refractivity contribution in [1.29, 1.82) is 0 Å². The third-order valence-electron chi connectivity index (χ3n) is 7.76. The minimum atomic E-state index is -3.01. The molecule has 0 heterocycles. The molecule has 0 saturated heterocycles. The Hall–Kier alpha value is -3.43. The summed E-state index contributed by atoms with van der Waals surface area (Å²) < 4.78 is 0. The molecule has 10 heteroatoms. The topological polar surface area (TPSA) is 175 Å². The first-order valence-electron chi connectivity index (χ1n) is 11.1. The lowest BCUT2D eigenvalue weighted by atomic mass is 9.49. The molecule has 2 unspecified atom stereocenters. The number of primary amides is 1. The number of likely N-dealkylation sites (N-methyl/N-ethyl adjacent to an activating group) is 1. The molecule has 0 aliphatic heterocycles. The van der Waals surface area contributed by atoms with Crippen molar-refractivity contribution in [2.45, 2.75) is 30.6 Å². The molecule has 0 radical (unpaired) electrons. The van der Waals surface area contributed by atoms with Crippen molar-refractivity contribution in [3.8, 4) is 5.75 Å². The van der Waals surface area contributed by atoms with Crippen molar-refractivity contribution < 1.29 is 39.3 Å². The van der Waals surface area contributed by atoms with Crippen LogP contribution in [0.5, 0.6) is 5.75 Å². The highest BCUT2D eigenvalue weighted by atomic mass is 16.3. The molecular weight excluding hydrogens is 456 g/mol. The van der Waals surface area contributed by atoms with Crippen molar-refractivity contribution in [3.63, 3.8) is 0 Å². The Morgan fingerprint density at radius 1 is 1.20 bits per heavy atom. The van der Waals surface area contributed by atoms with Gasteiger partial charge in [-0.2, -0.15) is 0 Å². The molecule has 0 spiro atoms. The molecule has 1 aromatic rings. The fraction of sp³-hybridized carbons (Fsp3) is 0.440. The van der Waals surface area contributed by atoms with Crippen molar-refractivity contribution in [1.82, 2.24) is 4.90 Å². The maximum absolute atomic E-state index is 13.8. The summed E-state index contributed by atoms with van der Waals surface area (Å²) in [5.74, 6) is -13.5. The molecular formula is C25H26N2O8. The average Bonchev–Trinajstić information content (AvgIpc) is 2.77. The molecule has 184 valence electrons. The number of nitrogens with zero attached hydrogens (tertiary/aromatic N) is 1. The second kappa shape index (κ2) is 8.07. The Labute approximate surface area is 200 Å². The number of phenolic OH excluding ortho intramolecular Hbond substituents is 1. The number of Topliss-reactive ketones (excluding diaryl/α,β-unsaturated/α-hetero) is 4. The van der Waals surface area contributed by atoms with Gasteiger partial charge in [-0.05, 0) is 43.3 Å². The van der Waals surface area contributed by atoms with E-state index in [1.165, 1.54) is 37.2 Å². The molecule has 2 fully saturated rings. The summed E-state index contributed by atoms with van der Waals surface area (Å²) in [6.07, 6.45) is -0.185. The highest BCUT2D eigenvalue weighted by Crippen LogP contribution is 2.55. The van der Waals surface area contributed by atoms with Crippen LogP contribution in [0.3, 0.4) is 0 Å². The van der Waals surface area contributed by atoms with Gasteiger partial charge in [-0.3, -0.25) is 28.9 Å². The van der Waals surface area contributed by atoms with Crippen LogP contribution in [0.2, 0.25) is 0 Å². The maximum atomic E-state index is 13.8. The third-order valence-corrected chi connectivity index (χ3v) is 7.76. The zero-order chi connectivity index (χ0) is 26.1. The summed E-state index contributed by atoms with van der Waals surface area (Å²) in [5.41, 5.74) is 5.55. The molecule has 4 rings (SSSR count). The summed E-state index contributed by atoms with van der Waals surface area (Å²) in [7, 11) is 2.88. The normalized spacial score (nSPS) is 36.2. The van der Waals surface area contributed by atoms with Gasteiger partial charge in [0, 0.05) is 5.92 Å². The second-order valence-corrected chi connectivity index (χ2v) is 9.68. The Morgan fingerprint density at radius 2 is 1.83 bits per heavy atom. The van der Waals surface area contributed by atoms with Gasteiger partial charge in [0.2, 0.25) is 5.91 Å². The highest BCUT2D eigenvalue weighted by Gasteiger charge is 2.72. The van der Waals surface area contributed by atoms with E-state index in [-0.39, 0.29) is 5.56 Å². The van der Waals surface area contributed by atoms with E-state index in [0.29, 0.717) is 11.1 Å². The first-order valence-corrected chi connectivity index (χ1v) is 11.1. The van der Waals surface area contributed by atoms with Crippen LogP contribution in [-0.4, -0.2) is 81.1 Å². The SMILES string of the molecule is C=C=Cc1ccc(O)c2c1[C@@H](C)[C@H]1C(C2=O)C(=O)[C@@]2(O)C(=O)C(C(N)=O)C(=O)[C@H](N(C)C)[C@H]2[C@@H]1O. The monoisotopic (exact) mass is 482 g/mol. The fourth-order valence-corrected chi connectivity index (χ4v) is 6.34. The van der Waals surface area contributed by atoms with Gasteiger partial charge in [0.1, 0.15) is 5.75 Å². The van der Waals surface area contributed by atoms with Crippen molar-refractivity contribution in [3.05, 3.63) is 41.1 Å². The zero-order valence-electron chi connectivity index (χ0n) is 19.4. The van der Waals surface area contributed by atoms with Crippen LogP contribution >= 0.6 is 0 Å². The van der Waals surface area contributed by atoms with E-state index in [1.54, 1.807) is 6.92 Å². The maximum Gasteiger partial charge on any atom is 0.235 e. The Kier molecular flexibility index (Phi) is 5.69. The van der Waals surface area contributed by atoms with Crippen LogP contribution in [0, 0.1) is 23.7 Å². The standard InChI is InChI=1S/C25H26N2O8/c1-5-6-10-7-8-11(28)14-12(10)9(2)13-15(19(14)29)22(32)25(35)17(20(13)30)18(27(3)4)21(31)16(23(25)33)24(26)34/h6-9,13,15-18,20,28,30,35H,1H2,2-4H3,(H2,26,34)/t9-,13+,15?,16?,17+,18-,20-,25-/m1/s1. The summed E-state index contributed by atoms with van der Waals surface area (Å²) in [5, 5.41) is 33.6. The number of fused-ring (bicyclic) bond motifs is 3. The molecule has 5 N–H and O–H groups in total. The lowest BCUT2D eigenvalue weighted by Gasteiger charge is -2.56. The lowest BCUT2D eigenvalue weighted by Crippen LogP contribution is -2.77. The number of amides is 1. The minimum Gasteiger partial charge on any atom is -0.507 e. The van der Waals surface area contributed by atoms with Crippen molar-refractivity contribution in [2.24, 2.45) is 29.4 Å². The quantitative estimate of drug-likeness (QED) is 0.317. The lowest BCUT2D eigenvalue weighted by molar-refractivity contribution is -0.196. The van der Waals surface area contributed by atoms with Gasteiger partial charge >= 0.3 is 0 Å². The molecule has 35 heavy (non-hydrogen) atoms. The summed E-state index contributed by atoms with van der Waals surface area (Å²) >= 11 is 0. The minimum absolute atomic E-state index is 0.166. The molecule has 1 amide bonds. The number of aliphatic hydroxyl groups excluding tert-OH is 1. The smallest absolute Gasteiger partial charge is 0.235 e. The van der Waals surface area contributed by atoms with Gasteiger partial charge in [0.25, 0.3) is 0 Å². The van der Waals surface area contributed by atoms with Crippen LogP contribution in [0.1, 0.15) is 34.3 Å². The second-order valence-electron chi connectivity index (χ2n) is 9.68. The van der Waals surface area contributed by atoms with Crippen LogP contribution < -0.4 is 5.73 Å². The van der Waals surface area contributed by atoms with Gasteiger partial charge in [0.15, 0.2) is 34.7 Å². The zero-order valence-corrected chi connectivity index (χ0v) is 19.4. The van der Waals surface area contributed by atoms with E-state index in [0.717, 1.165) is 0 Å². The van der Waals surface area contributed by atoms with Crippen LogP contribution in [0.25, 0.3) is 6.08 Å². The van der Waals surface area contributed by atoms with Gasteiger partial charge < -0.3 is 21.1 Å². The molecule has 3 aliphatic carbocycles. The number of rotatable bonds is 3. The first-order chi connectivity index (χ1) is 16.3. The number of hydrogen-bond donors (Lipinski definition) is 4. The number of aromatic hydroxyl groups is 1. The number of phenols is 1. The number of nitrogens with two attached hydrogens (primary N) is 1. The summed E-state index contributed by atoms with van der Waals surface area (Å²) in [4.78, 5) is 67.2. The predicted octanol–water partition coefficient (Wildman–Crippen LogP) is -0.803. The molecule has 10 nitrogen and oxygen atoms in total. The Bertz CT molecular complexity index is 1250. The van der Waals surface area contributed by atoms with E-state index in [9.17, 15) is 39.3 Å². The number of benzene rings is 1. The van der Waals surface area contributed by atoms with Gasteiger partial charge in [-0.1, -0.05) is 19.6 Å². The first kappa shape index (κ1) is 24.7. The number of aliphatic hydroxyl groups is 2. The number of carbonyl (C=O) groups is 5. The van der Waals surface area contributed by atoms with Crippen LogP contribution in [0.4, 0.5) is 0 Å². The highest BCUT2D eigenvalue weighted by molar-refractivity contribution is 6.32. The Balaban J connectivity index is 2.00. The molecule has 8 atom stereocenters. The van der Waals surface area contributed by atoms with E-state index in [1.807, 2.05) is 0 Å². The molecule has 3 aliphatic rings. The fourth-order valence-electron chi connectivity index (χ4n) is 6.34. The van der Waals surface area contributed by atoms with Crippen LogP contribution in [-0.2, 0) is 19.2 Å². The van der Waals surface area contributed by atoms with Crippen molar-refractivity contribution in [2.75, 3.05) is 14.1 Å². The third kappa shape index (κ3) is 3.04. The number of carbonyl (C=O) groups excluding carboxylic acids is 5. The number of hydrogen-bond acceptors (Lipinski definition) is 9. The molecule has 1 aromatic carbocycles. The van der Waals surface area contributed by atoms with E-state index < -0.39 is 82.1 Å². The molecule has 2 saturated carbocycles. The summed E-state index contributed by atoms with van der Waals surface area (Å²) in [6, 6.07) is 1.40. The molecule has 0 aromatic heterocycles. The number of ketones is 4. The Morgan fingerprint density at radius 3 is 2.37 bits per heavy atom. The average molecular weight is 482 g/mol. The molecule has 0 bridgehead atoms.